The molecule has 0 aromatic heterocycles. The van der Waals surface area contributed by atoms with E-state index in [1.165, 1.54) is 24.3 Å². The molecule has 0 amide bonds. The second-order valence-electron chi connectivity index (χ2n) is 7.57. The number of halogens is 2. The van der Waals surface area contributed by atoms with E-state index in [1.54, 1.807) is 24.3 Å². The van der Waals surface area contributed by atoms with E-state index >= 15 is 0 Å². The summed E-state index contributed by atoms with van der Waals surface area (Å²) in [5.74, 6) is -0.534. The summed E-state index contributed by atoms with van der Waals surface area (Å²) in [4.78, 5) is 2.33. The number of hydrogen-bond acceptors (Lipinski definition) is 3. The third kappa shape index (κ3) is 3.27. The Balaban J connectivity index is 1.67. The molecule has 2 N–H and O–H groups in total. The number of likely N-dealkylation sites (tertiary alicyclic amines) is 1. The molecular formula is C21H24F2N2O. The fourth-order valence-corrected chi connectivity index (χ4v) is 4.47. The van der Waals surface area contributed by atoms with Crippen LogP contribution >= 0.6 is 0 Å². The topological polar surface area (TPSA) is 35.5 Å². The van der Waals surface area contributed by atoms with Crippen LogP contribution < -0.4 is 5.32 Å². The minimum atomic E-state index is -0.309. The largest absolute Gasteiger partial charge is 0.392 e. The number of piperidine rings is 1. The Morgan fingerprint density at radius 1 is 1.00 bits per heavy atom. The maximum Gasteiger partial charge on any atom is 0.123 e. The maximum absolute atomic E-state index is 13.4. The Kier molecular flexibility index (Phi) is 4.78. The van der Waals surface area contributed by atoms with Gasteiger partial charge in [-0.3, -0.25) is 4.90 Å². The van der Waals surface area contributed by atoms with Crippen LogP contribution in [0.15, 0.2) is 48.5 Å². The van der Waals surface area contributed by atoms with Crippen molar-refractivity contribution in [3.8, 4) is 0 Å². The normalized spacial score (nSPS) is 26.7. The first kappa shape index (κ1) is 17.6. The van der Waals surface area contributed by atoms with Crippen LogP contribution in [0.5, 0.6) is 0 Å². The first-order chi connectivity index (χ1) is 12.6. The highest BCUT2D eigenvalue weighted by molar-refractivity contribution is 5.33. The van der Waals surface area contributed by atoms with Gasteiger partial charge < -0.3 is 10.4 Å². The van der Waals surface area contributed by atoms with Crippen LogP contribution in [0, 0.1) is 17.0 Å². The second kappa shape index (κ2) is 7.06. The molecule has 4 rings (SSSR count). The van der Waals surface area contributed by atoms with Crippen LogP contribution in [0.1, 0.15) is 30.0 Å². The van der Waals surface area contributed by atoms with Crippen molar-refractivity contribution in [1.82, 2.24) is 10.2 Å². The van der Waals surface area contributed by atoms with Gasteiger partial charge in [-0.05, 0) is 61.3 Å². The van der Waals surface area contributed by atoms with Crippen LogP contribution in [0.4, 0.5) is 8.78 Å². The van der Waals surface area contributed by atoms with E-state index in [1.807, 2.05) is 0 Å². The summed E-state index contributed by atoms with van der Waals surface area (Å²) < 4.78 is 26.8. The van der Waals surface area contributed by atoms with Crippen LogP contribution in [-0.4, -0.2) is 42.3 Å². The standard InChI is InChI=1S/C21H24F2N2O/c22-17-5-1-15(2-6-17)20(16-3-7-18(23)8-4-16)25-12-10-21(14-25)13-24-11-9-19(21)26/h1-8,19-20,24,26H,9-14H2/t19-,21+/m1/s1. The minimum absolute atomic E-state index is 0.0790. The van der Waals surface area contributed by atoms with E-state index < -0.39 is 0 Å². The van der Waals surface area contributed by atoms with Crippen LogP contribution in [-0.2, 0) is 0 Å². The zero-order valence-electron chi connectivity index (χ0n) is 14.7. The van der Waals surface area contributed by atoms with E-state index in [9.17, 15) is 13.9 Å². The molecule has 2 saturated heterocycles. The summed E-state index contributed by atoms with van der Waals surface area (Å²) in [7, 11) is 0. The Morgan fingerprint density at radius 3 is 2.12 bits per heavy atom. The molecule has 0 saturated carbocycles. The molecule has 138 valence electrons. The molecule has 3 nitrogen and oxygen atoms in total. The molecule has 0 unspecified atom stereocenters. The number of aliphatic hydroxyl groups is 1. The van der Waals surface area contributed by atoms with E-state index in [2.05, 4.69) is 10.2 Å². The van der Waals surface area contributed by atoms with Crippen molar-refractivity contribution < 1.29 is 13.9 Å². The van der Waals surface area contributed by atoms with Gasteiger partial charge in [-0.1, -0.05) is 24.3 Å². The van der Waals surface area contributed by atoms with E-state index in [-0.39, 0.29) is 29.2 Å². The van der Waals surface area contributed by atoms with Crippen LogP contribution in [0.3, 0.4) is 0 Å². The fourth-order valence-electron chi connectivity index (χ4n) is 4.47. The van der Waals surface area contributed by atoms with Gasteiger partial charge in [-0.25, -0.2) is 8.78 Å². The molecule has 26 heavy (non-hydrogen) atoms. The number of rotatable bonds is 3. The van der Waals surface area contributed by atoms with E-state index in [0.717, 1.165) is 50.1 Å². The fraction of sp³-hybridized carbons (Fsp3) is 0.429. The second-order valence-corrected chi connectivity index (χ2v) is 7.57. The lowest BCUT2D eigenvalue weighted by molar-refractivity contribution is 0.00380. The molecule has 2 atom stereocenters. The highest BCUT2D eigenvalue weighted by atomic mass is 19.1. The number of hydrogen-bond donors (Lipinski definition) is 2. The van der Waals surface area contributed by atoms with Gasteiger partial charge in [0, 0.05) is 18.5 Å². The van der Waals surface area contributed by atoms with Gasteiger partial charge in [-0.2, -0.15) is 0 Å². The maximum atomic E-state index is 13.4. The molecule has 2 aliphatic rings. The molecule has 0 aliphatic carbocycles. The lowest BCUT2D eigenvalue weighted by Crippen LogP contribution is -2.51. The van der Waals surface area contributed by atoms with Gasteiger partial charge in [0.05, 0.1) is 12.1 Å². The molecule has 0 bridgehead atoms. The molecule has 2 fully saturated rings. The summed E-state index contributed by atoms with van der Waals surface area (Å²) in [6.07, 6.45) is 1.38. The van der Waals surface area contributed by atoms with Gasteiger partial charge >= 0.3 is 0 Å². The third-order valence-electron chi connectivity index (χ3n) is 5.93. The monoisotopic (exact) mass is 358 g/mol. The van der Waals surface area contributed by atoms with Crippen molar-refractivity contribution in [3.05, 3.63) is 71.3 Å². The molecule has 2 aromatic carbocycles. The lowest BCUT2D eigenvalue weighted by atomic mass is 9.77. The van der Waals surface area contributed by atoms with Crippen molar-refractivity contribution in [2.45, 2.75) is 25.0 Å². The summed E-state index contributed by atoms with van der Waals surface area (Å²) in [6.45, 7) is 3.27. The van der Waals surface area contributed by atoms with Gasteiger partial charge in [0.15, 0.2) is 0 Å². The minimum Gasteiger partial charge on any atom is -0.392 e. The smallest absolute Gasteiger partial charge is 0.123 e. The van der Waals surface area contributed by atoms with Crippen molar-refractivity contribution in [1.29, 1.82) is 0 Å². The van der Waals surface area contributed by atoms with Crippen molar-refractivity contribution in [2.75, 3.05) is 26.2 Å². The quantitative estimate of drug-likeness (QED) is 0.885. The third-order valence-corrected chi connectivity index (χ3v) is 5.93. The highest BCUT2D eigenvalue weighted by Crippen LogP contribution is 2.42. The number of nitrogens with zero attached hydrogens (tertiary/aromatic N) is 1. The summed E-state index contributed by atoms with van der Waals surface area (Å²) in [5, 5.41) is 14.0. The average Bonchev–Trinajstić information content (AvgIpc) is 3.06. The Hall–Kier alpha value is -1.82. The van der Waals surface area contributed by atoms with Crippen molar-refractivity contribution in [3.63, 3.8) is 0 Å². The first-order valence-corrected chi connectivity index (χ1v) is 9.21. The zero-order valence-corrected chi connectivity index (χ0v) is 14.7. The summed E-state index contributed by atoms with van der Waals surface area (Å²) in [6, 6.07) is 13.0. The van der Waals surface area contributed by atoms with E-state index in [0.29, 0.717) is 0 Å². The Labute approximate surface area is 152 Å². The van der Waals surface area contributed by atoms with Crippen LogP contribution in [0.25, 0.3) is 0 Å². The highest BCUT2D eigenvalue weighted by Gasteiger charge is 2.47. The molecule has 2 aliphatic heterocycles. The van der Waals surface area contributed by atoms with Gasteiger partial charge in [0.1, 0.15) is 11.6 Å². The predicted molar refractivity (Wildman–Crippen MR) is 96.8 cm³/mol. The predicted octanol–water partition coefficient (Wildman–Crippen LogP) is 3.10. The van der Waals surface area contributed by atoms with Crippen molar-refractivity contribution >= 4 is 0 Å². The van der Waals surface area contributed by atoms with Gasteiger partial charge in [0.2, 0.25) is 0 Å². The average molecular weight is 358 g/mol. The SMILES string of the molecule is O[C@@H]1CCNC[C@]12CCN(C(c1ccc(F)cc1)c1ccc(F)cc1)C2. The molecule has 0 radical (unpaired) electrons. The molecule has 1 spiro atoms. The number of aliphatic hydroxyl groups excluding tert-OH is 1. The first-order valence-electron chi connectivity index (χ1n) is 9.21. The Morgan fingerprint density at radius 2 is 1.58 bits per heavy atom. The van der Waals surface area contributed by atoms with Crippen molar-refractivity contribution in [2.24, 2.45) is 5.41 Å². The Bertz CT molecular complexity index is 704. The molecule has 5 heteroatoms. The van der Waals surface area contributed by atoms with Crippen LogP contribution in [0.2, 0.25) is 0 Å². The van der Waals surface area contributed by atoms with Gasteiger partial charge in [-0.15, -0.1) is 0 Å². The summed E-state index contributed by atoms with van der Waals surface area (Å²) >= 11 is 0. The van der Waals surface area contributed by atoms with Gasteiger partial charge in [0.25, 0.3) is 0 Å². The molecule has 2 aromatic rings. The lowest BCUT2D eigenvalue weighted by Gasteiger charge is -2.39. The number of nitrogens with one attached hydrogen (secondary N) is 1. The number of benzene rings is 2. The summed E-state index contributed by atoms with van der Waals surface area (Å²) in [5.41, 5.74) is 1.82. The van der Waals surface area contributed by atoms with E-state index in [4.69, 9.17) is 0 Å². The molecule has 2 heterocycles. The zero-order chi connectivity index (χ0) is 18.1. The molecular weight excluding hydrogens is 334 g/mol.